The van der Waals surface area contributed by atoms with Crippen molar-refractivity contribution >= 4 is 40.6 Å². The summed E-state index contributed by atoms with van der Waals surface area (Å²) < 4.78 is 0. The predicted molar refractivity (Wildman–Crippen MR) is 99.3 cm³/mol. The lowest BCUT2D eigenvalue weighted by molar-refractivity contribution is 0.102. The molecule has 4 nitrogen and oxygen atoms in total. The number of carbonyl (C=O) groups is 1. The van der Waals surface area contributed by atoms with Crippen LogP contribution < -0.4 is 10.2 Å². The predicted octanol–water partition coefficient (Wildman–Crippen LogP) is 4.88. The zero-order valence-electron chi connectivity index (χ0n) is 13.4. The monoisotopic (exact) mass is 363 g/mol. The summed E-state index contributed by atoms with van der Waals surface area (Å²) >= 11 is 12.0. The smallest absolute Gasteiger partial charge is 0.255 e. The molecular formula is C18H19Cl2N3O. The number of aromatic nitrogens is 1. The zero-order chi connectivity index (χ0) is 17.1. The first-order valence-corrected chi connectivity index (χ1v) is 8.76. The number of hydrogen-bond donors (Lipinski definition) is 1. The van der Waals surface area contributed by atoms with E-state index in [4.69, 9.17) is 23.2 Å². The summed E-state index contributed by atoms with van der Waals surface area (Å²) in [6, 6.07) is 8.52. The van der Waals surface area contributed by atoms with Gasteiger partial charge in [-0.05, 0) is 49.1 Å². The minimum Gasteiger partial charge on any atom is -0.356 e. The fourth-order valence-corrected chi connectivity index (χ4v) is 3.37. The van der Waals surface area contributed by atoms with E-state index in [0.717, 1.165) is 25.3 Å². The molecule has 1 atom stereocenters. The third-order valence-electron chi connectivity index (χ3n) is 4.17. The molecule has 3 rings (SSSR count). The van der Waals surface area contributed by atoms with E-state index in [0.29, 0.717) is 27.2 Å². The van der Waals surface area contributed by atoms with Gasteiger partial charge in [0.2, 0.25) is 0 Å². The minimum atomic E-state index is -0.215. The topological polar surface area (TPSA) is 45.2 Å². The Balaban J connectivity index is 1.76. The molecule has 0 radical (unpaired) electrons. The minimum absolute atomic E-state index is 0.215. The average molecular weight is 364 g/mol. The number of nitrogens with one attached hydrogen (secondary N) is 1. The molecule has 1 unspecified atom stereocenters. The lowest BCUT2D eigenvalue weighted by Crippen LogP contribution is -2.34. The van der Waals surface area contributed by atoms with Crippen molar-refractivity contribution in [2.24, 2.45) is 5.92 Å². The molecule has 0 spiro atoms. The summed E-state index contributed by atoms with van der Waals surface area (Å²) in [4.78, 5) is 19.2. The van der Waals surface area contributed by atoms with Crippen LogP contribution in [-0.2, 0) is 0 Å². The van der Waals surface area contributed by atoms with Crippen molar-refractivity contribution in [2.45, 2.75) is 19.8 Å². The van der Waals surface area contributed by atoms with E-state index < -0.39 is 0 Å². The van der Waals surface area contributed by atoms with Crippen LogP contribution >= 0.6 is 23.2 Å². The lowest BCUT2D eigenvalue weighted by atomic mass is 10.0. The molecule has 1 aromatic heterocycles. The van der Waals surface area contributed by atoms with Crippen molar-refractivity contribution in [3.63, 3.8) is 0 Å². The zero-order valence-corrected chi connectivity index (χ0v) is 14.9. The Morgan fingerprint density at radius 1 is 1.29 bits per heavy atom. The number of halogens is 2. The van der Waals surface area contributed by atoms with E-state index in [2.05, 4.69) is 22.1 Å². The Labute approximate surface area is 151 Å². The van der Waals surface area contributed by atoms with Crippen molar-refractivity contribution in [3.8, 4) is 0 Å². The number of nitrogens with zero attached hydrogens (tertiary/aromatic N) is 2. The van der Waals surface area contributed by atoms with Gasteiger partial charge in [-0.25, -0.2) is 4.98 Å². The van der Waals surface area contributed by atoms with Gasteiger partial charge in [0, 0.05) is 29.9 Å². The third-order valence-corrected chi connectivity index (χ3v) is 4.72. The van der Waals surface area contributed by atoms with Crippen LogP contribution in [0.5, 0.6) is 0 Å². The molecule has 1 N–H and O–H groups in total. The molecule has 126 valence electrons. The van der Waals surface area contributed by atoms with E-state index in [9.17, 15) is 4.79 Å². The summed E-state index contributed by atoms with van der Waals surface area (Å²) in [5, 5.41) is 3.76. The van der Waals surface area contributed by atoms with Crippen LogP contribution in [-0.4, -0.2) is 24.0 Å². The van der Waals surface area contributed by atoms with E-state index in [1.807, 2.05) is 6.07 Å². The number of pyridine rings is 1. The highest BCUT2D eigenvalue weighted by atomic mass is 35.5. The third kappa shape index (κ3) is 4.00. The normalized spacial score (nSPS) is 17.6. The molecule has 2 heterocycles. The van der Waals surface area contributed by atoms with Gasteiger partial charge in [-0.1, -0.05) is 30.1 Å². The van der Waals surface area contributed by atoms with Crippen LogP contribution in [0.1, 0.15) is 30.1 Å². The number of benzene rings is 1. The Hall–Kier alpha value is -1.78. The number of anilines is 2. The Morgan fingerprint density at radius 3 is 2.88 bits per heavy atom. The van der Waals surface area contributed by atoms with Gasteiger partial charge in [0.05, 0.1) is 10.7 Å². The van der Waals surface area contributed by atoms with Crippen molar-refractivity contribution in [1.82, 2.24) is 4.98 Å². The molecule has 1 aromatic carbocycles. The maximum absolute atomic E-state index is 12.5. The molecule has 6 heteroatoms. The highest BCUT2D eigenvalue weighted by Gasteiger charge is 2.18. The molecule has 1 aliphatic heterocycles. The van der Waals surface area contributed by atoms with Gasteiger partial charge in [-0.15, -0.1) is 0 Å². The Bertz CT molecular complexity index is 751. The van der Waals surface area contributed by atoms with Gasteiger partial charge < -0.3 is 10.2 Å². The van der Waals surface area contributed by atoms with Crippen LogP contribution in [0.25, 0.3) is 0 Å². The molecule has 1 saturated heterocycles. The molecule has 0 bridgehead atoms. The second-order valence-corrected chi connectivity index (χ2v) is 7.02. The summed E-state index contributed by atoms with van der Waals surface area (Å²) in [6.07, 6.45) is 4.07. The molecular weight excluding hydrogens is 345 g/mol. The van der Waals surface area contributed by atoms with E-state index in [1.165, 1.54) is 6.42 Å². The SMILES string of the molecule is CC1CCCN(c2cc(C(=O)Nc3ccc(Cl)cc3Cl)ccn2)C1. The van der Waals surface area contributed by atoms with Gasteiger partial charge in [0.25, 0.3) is 5.91 Å². The molecule has 0 aliphatic carbocycles. The number of carbonyl (C=O) groups excluding carboxylic acids is 1. The second kappa shape index (κ2) is 7.41. The van der Waals surface area contributed by atoms with E-state index >= 15 is 0 Å². The second-order valence-electron chi connectivity index (χ2n) is 6.17. The van der Waals surface area contributed by atoms with Crippen LogP contribution in [0.4, 0.5) is 11.5 Å². The molecule has 1 aliphatic rings. The highest BCUT2D eigenvalue weighted by molar-refractivity contribution is 6.36. The molecule has 2 aromatic rings. The standard InChI is InChI=1S/C18H19Cl2N3O/c1-12-3-2-8-23(11-12)17-9-13(6-7-21-17)18(24)22-16-5-4-14(19)10-15(16)20/h4-7,9-10,12H,2-3,8,11H2,1H3,(H,22,24). The van der Waals surface area contributed by atoms with Crippen molar-refractivity contribution in [1.29, 1.82) is 0 Å². The van der Waals surface area contributed by atoms with Gasteiger partial charge in [-0.2, -0.15) is 0 Å². The van der Waals surface area contributed by atoms with Crippen LogP contribution in [0.3, 0.4) is 0 Å². The number of amides is 1. The number of piperidine rings is 1. The number of hydrogen-bond acceptors (Lipinski definition) is 3. The first-order valence-electron chi connectivity index (χ1n) is 8.00. The van der Waals surface area contributed by atoms with Crippen LogP contribution in [0, 0.1) is 5.92 Å². The van der Waals surface area contributed by atoms with Gasteiger partial charge in [-0.3, -0.25) is 4.79 Å². The summed E-state index contributed by atoms with van der Waals surface area (Å²) in [5.74, 6) is 1.27. The quantitative estimate of drug-likeness (QED) is 0.845. The molecule has 1 amide bonds. The number of rotatable bonds is 3. The fraction of sp³-hybridized carbons (Fsp3) is 0.333. The Morgan fingerprint density at radius 2 is 2.12 bits per heavy atom. The Kier molecular flexibility index (Phi) is 5.27. The molecule has 1 fully saturated rings. The lowest BCUT2D eigenvalue weighted by Gasteiger charge is -2.31. The van der Waals surface area contributed by atoms with Crippen molar-refractivity contribution in [3.05, 3.63) is 52.1 Å². The van der Waals surface area contributed by atoms with Gasteiger partial charge in [0.1, 0.15) is 5.82 Å². The van der Waals surface area contributed by atoms with Crippen LogP contribution in [0.15, 0.2) is 36.5 Å². The summed E-state index contributed by atoms with van der Waals surface area (Å²) in [5.41, 5.74) is 1.10. The fourth-order valence-electron chi connectivity index (χ4n) is 2.92. The largest absolute Gasteiger partial charge is 0.356 e. The van der Waals surface area contributed by atoms with Crippen LogP contribution in [0.2, 0.25) is 10.0 Å². The summed E-state index contributed by atoms with van der Waals surface area (Å²) in [7, 11) is 0. The van der Waals surface area contributed by atoms with E-state index in [1.54, 1.807) is 30.5 Å². The van der Waals surface area contributed by atoms with Gasteiger partial charge >= 0.3 is 0 Å². The first-order chi connectivity index (χ1) is 11.5. The van der Waals surface area contributed by atoms with Gasteiger partial charge in [0.15, 0.2) is 0 Å². The molecule has 24 heavy (non-hydrogen) atoms. The highest BCUT2D eigenvalue weighted by Crippen LogP contribution is 2.26. The summed E-state index contributed by atoms with van der Waals surface area (Å²) in [6.45, 7) is 4.19. The first kappa shape index (κ1) is 17.1. The molecule has 0 saturated carbocycles. The maximum Gasteiger partial charge on any atom is 0.255 e. The van der Waals surface area contributed by atoms with E-state index in [-0.39, 0.29) is 5.91 Å². The maximum atomic E-state index is 12.5. The van der Waals surface area contributed by atoms with Crippen molar-refractivity contribution in [2.75, 3.05) is 23.3 Å². The average Bonchev–Trinajstić information content (AvgIpc) is 2.57. The van der Waals surface area contributed by atoms with Crippen molar-refractivity contribution < 1.29 is 4.79 Å².